The number of carbonyl (C=O) groups is 1. The summed E-state index contributed by atoms with van der Waals surface area (Å²) < 4.78 is 0. The van der Waals surface area contributed by atoms with Gasteiger partial charge in [0.2, 0.25) is 5.91 Å². The summed E-state index contributed by atoms with van der Waals surface area (Å²) in [5, 5.41) is 6.41. The molecule has 4 heteroatoms. The Bertz CT molecular complexity index is 258. The molecule has 1 amide bonds. The Labute approximate surface area is 111 Å². The van der Waals surface area contributed by atoms with E-state index in [1.54, 1.807) is 0 Å². The van der Waals surface area contributed by atoms with Gasteiger partial charge in [-0.1, -0.05) is 27.7 Å². The molecule has 1 aliphatic rings. The number of rotatable bonds is 6. The molecule has 0 aromatic carbocycles. The number of nitrogens with zero attached hydrogens (tertiary/aromatic N) is 1. The van der Waals surface area contributed by atoms with Gasteiger partial charge < -0.3 is 10.6 Å². The van der Waals surface area contributed by atoms with E-state index in [-0.39, 0.29) is 11.3 Å². The van der Waals surface area contributed by atoms with Crippen molar-refractivity contribution in [3.63, 3.8) is 0 Å². The minimum absolute atomic E-state index is 0.186. The predicted molar refractivity (Wildman–Crippen MR) is 75.6 cm³/mol. The summed E-state index contributed by atoms with van der Waals surface area (Å²) in [6.45, 7) is 14.4. The maximum atomic E-state index is 12.1. The lowest BCUT2D eigenvalue weighted by atomic mass is 9.83. The smallest absolute Gasteiger partial charge is 0.225 e. The molecule has 0 atom stereocenters. The first kappa shape index (κ1) is 15.4. The normalized spacial score (nSPS) is 18.1. The number of hydrogen-bond acceptors (Lipinski definition) is 3. The van der Waals surface area contributed by atoms with E-state index in [0.29, 0.717) is 5.92 Å². The zero-order chi connectivity index (χ0) is 13.6. The van der Waals surface area contributed by atoms with Crippen molar-refractivity contribution in [2.45, 2.75) is 34.1 Å². The van der Waals surface area contributed by atoms with Crippen LogP contribution in [0.25, 0.3) is 0 Å². The highest BCUT2D eigenvalue weighted by molar-refractivity contribution is 5.81. The second-order valence-corrected chi connectivity index (χ2v) is 6.33. The van der Waals surface area contributed by atoms with Crippen LogP contribution in [0.5, 0.6) is 0 Å². The molecule has 0 saturated carbocycles. The lowest BCUT2D eigenvalue weighted by Gasteiger charge is -2.29. The summed E-state index contributed by atoms with van der Waals surface area (Å²) >= 11 is 0. The molecule has 1 heterocycles. The van der Waals surface area contributed by atoms with Crippen LogP contribution in [0.15, 0.2) is 0 Å². The van der Waals surface area contributed by atoms with Crippen molar-refractivity contribution >= 4 is 5.91 Å². The minimum atomic E-state index is -0.252. The largest absolute Gasteiger partial charge is 0.354 e. The molecule has 2 N–H and O–H groups in total. The third kappa shape index (κ3) is 5.36. The van der Waals surface area contributed by atoms with E-state index in [9.17, 15) is 4.79 Å². The van der Waals surface area contributed by atoms with E-state index in [1.807, 2.05) is 13.8 Å². The first-order valence-corrected chi connectivity index (χ1v) is 7.13. The van der Waals surface area contributed by atoms with Gasteiger partial charge in [-0.3, -0.25) is 9.69 Å². The summed E-state index contributed by atoms with van der Waals surface area (Å²) in [5.41, 5.74) is -0.252. The number of hydrogen-bond donors (Lipinski definition) is 2. The van der Waals surface area contributed by atoms with Gasteiger partial charge in [0.25, 0.3) is 0 Å². The number of carbonyl (C=O) groups excluding carboxylic acids is 1. The summed E-state index contributed by atoms with van der Waals surface area (Å²) in [6, 6.07) is 0. The van der Waals surface area contributed by atoms with Crippen LogP contribution >= 0.6 is 0 Å². The van der Waals surface area contributed by atoms with Crippen LogP contribution < -0.4 is 10.6 Å². The van der Waals surface area contributed by atoms with Gasteiger partial charge in [0.05, 0.1) is 0 Å². The molecular weight excluding hydrogens is 226 g/mol. The molecule has 106 valence electrons. The average Bonchev–Trinajstić information content (AvgIpc) is 2.28. The average molecular weight is 255 g/mol. The Morgan fingerprint density at radius 2 is 1.94 bits per heavy atom. The van der Waals surface area contributed by atoms with Crippen molar-refractivity contribution in [3.05, 3.63) is 0 Å². The predicted octanol–water partition coefficient (Wildman–Crippen LogP) is 1.08. The maximum absolute atomic E-state index is 12.1. The Kier molecular flexibility index (Phi) is 6.09. The van der Waals surface area contributed by atoms with Crippen molar-refractivity contribution in [2.24, 2.45) is 11.3 Å². The molecule has 1 rings (SSSR count). The third-order valence-electron chi connectivity index (χ3n) is 3.46. The highest BCUT2D eigenvalue weighted by atomic mass is 16.2. The molecule has 0 radical (unpaired) electrons. The van der Waals surface area contributed by atoms with Gasteiger partial charge >= 0.3 is 0 Å². The van der Waals surface area contributed by atoms with Gasteiger partial charge in [-0.05, 0) is 12.3 Å². The van der Waals surface area contributed by atoms with Crippen LogP contribution in [0.3, 0.4) is 0 Å². The van der Waals surface area contributed by atoms with Crippen LogP contribution in [0, 0.1) is 11.3 Å². The molecule has 1 saturated heterocycles. The molecule has 0 aromatic rings. The topological polar surface area (TPSA) is 44.4 Å². The quantitative estimate of drug-likeness (QED) is 0.746. The summed E-state index contributed by atoms with van der Waals surface area (Å²) in [5.74, 6) is 0.741. The van der Waals surface area contributed by atoms with Crippen molar-refractivity contribution in [1.82, 2.24) is 15.5 Å². The van der Waals surface area contributed by atoms with Crippen LogP contribution in [-0.2, 0) is 4.79 Å². The van der Waals surface area contributed by atoms with Crippen molar-refractivity contribution < 1.29 is 4.79 Å². The minimum Gasteiger partial charge on any atom is -0.354 e. The highest BCUT2D eigenvalue weighted by Crippen LogP contribution is 2.25. The van der Waals surface area contributed by atoms with E-state index < -0.39 is 0 Å². The number of piperazine rings is 1. The van der Waals surface area contributed by atoms with Crippen molar-refractivity contribution in [2.75, 3.05) is 39.3 Å². The lowest BCUT2D eigenvalue weighted by Crippen LogP contribution is -2.47. The first-order valence-electron chi connectivity index (χ1n) is 7.13. The Morgan fingerprint density at radius 3 is 2.50 bits per heavy atom. The van der Waals surface area contributed by atoms with Gasteiger partial charge in [-0.25, -0.2) is 0 Å². The summed E-state index contributed by atoms with van der Waals surface area (Å²) in [4.78, 5) is 14.5. The van der Waals surface area contributed by atoms with Crippen LogP contribution in [0.1, 0.15) is 34.1 Å². The molecule has 1 fully saturated rings. The SMILES string of the molecule is CC(C)CC(C)(C)C(=O)NCCN1CCNCC1. The van der Waals surface area contributed by atoms with E-state index >= 15 is 0 Å². The third-order valence-corrected chi connectivity index (χ3v) is 3.46. The number of nitrogens with one attached hydrogen (secondary N) is 2. The van der Waals surface area contributed by atoms with Gasteiger partial charge in [-0.15, -0.1) is 0 Å². The second kappa shape index (κ2) is 7.10. The zero-order valence-corrected chi connectivity index (χ0v) is 12.4. The molecule has 0 unspecified atom stereocenters. The summed E-state index contributed by atoms with van der Waals surface area (Å²) in [6.07, 6.45) is 0.937. The van der Waals surface area contributed by atoms with Crippen LogP contribution in [0.2, 0.25) is 0 Å². The van der Waals surface area contributed by atoms with Gasteiger partial charge in [0.1, 0.15) is 0 Å². The van der Waals surface area contributed by atoms with Crippen LogP contribution in [0.4, 0.5) is 0 Å². The van der Waals surface area contributed by atoms with Crippen LogP contribution in [-0.4, -0.2) is 50.1 Å². The van der Waals surface area contributed by atoms with Gasteiger partial charge in [0, 0.05) is 44.7 Å². The number of amides is 1. The Balaban J connectivity index is 2.23. The monoisotopic (exact) mass is 255 g/mol. The molecule has 0 aromatic heterocycles. The van der Waals surface area contributed by atoms with E-state index in [0.717, 1.165) is 45.7 Å². The Morgan fingerprint density at radius 1 is 1.33 bits per heavy atom. The van der Waals surface area contributed by atoms with E-state index in [4.69, 9.17) is 0 Å². The molecule has 0 aliphatic carbocycles. The fourth-order valence-electron chi connectivity index (χ4n) is 2.61. The fraction of sp³-hybridized carbons (Fsp3) is 0.929. The van der Waals surface area contributed by atoms with E-state index in [1.165, 1.54) is 0 Å². The molecule has 18 heavy (non-hydrogen) atoms. The lowest BCUT2D eigenvalue weighted by molar-refractivity contribution is -0.130. The first-order chi connectivity index (χ1) is 8.42. The molecule has 4 nitrogen and oxygen atoms in total. The van der Waals surface area contributed by atoms with Crippen molar-refractivity contribution in [1.29, 1.82) is 0 Å². The maximum Gasteiger partial charge on any atom is 0.225 e. The Hall–Kier alpha value is -0.610. The molecular formula is C14H29N3O. The molecule has 1 aliphatic heterocycles. The molecule has 0 bridgehead atoms. The zero-order valence-electron chi connectivity index (χ0n) is 12.4. The summed E-state index contributed by atoms with van der Waals surface area (Å²) in [7, 11) is 0. The highest BCUT2D eigenvalue weighted by Gasteiger charge is 2.28. The standard InChI is InChI=1S/C14H29N3O/c1-12(2)11-14(3,4)13(18)16-7-10-17-8-5-15-6-9-17/h12,15H,5-11H2,1-4H3,(H,16,18). The van der Waals surface area contributed by atoms with E-state index in [2.05, 4.69) is 29.4 Å². The van der Waals surface area contributed by atoms with Gasteiger partial charge in [-0.2, -0.15) is 0 Å². The molecule has 0 spiro atoms. The second-order valence-electron chi connectivity index (χ2n) is 6.33. The fourth-order valence-corrected chi connectivity index (χ4v) is 2.61. The van der Waals surface area contributed by atoms with Gasteiger partial charge in [0.15, 0.2) is 0 Å². The van der Waals surface area contributed by atoms with Crippen molar-refractivity contribution in [3.8, 4) is 0 Å².